The topological polar surface area (TPSA) is 98.0 Å². The molecular weight excluding hydrogens is 316 g/mol. The van der Waals surface area contributed by atoms with Crippen LogP contribution in [-0.2, 0) is 11.3 Å². The molecule has 1 aromatic heterocycles. The van der Waals surface area contributed by atoms with Gasteiger partial charge in [-0.25, -0.2) is 0 Å². The van der Waals surface area contributed by atoms with E-state index in [9.17, 15) is 9.90 Å². The van der Waals surface area contributed by atoms with E-state index in [1.54, 1.807) is 24.5 Å². The predicted molar refractivity (Wildman–Crippen MR) is 86.5 cm³/mol. The zero-order valence-electron chi connectivity index (χ0n) is 12.0. The minimum Gasteiger partial charge on any atom is -0.506 e. The number of phenols is 1. The number of rotatable bonds is 5. The molecule has 0 unspecified atom stereocenters. The summed E-state index contributed by atoms with van der Waals surface area (Å²) in [6.45, 7) is 0.258. The number of carbonyl (C=O) groups is 1. The molecule has 23 heavy (non-hydrogen) atoms. The third-order valence-electron chi connectivity index (χ3n) is 2.87. The van der Waals surface area contributed by atoms with E-state index in [4.69, 9.17) is 16.9 Å². The third kappa shape index (κ3) is 4.73. The second-order valence-corrected chi connectivity index (χ2v) is 4.96. The van der Waals surface area contributed by atoms with Gasteiger partial charge in [0.15, 0.2) is 0 Å². The maximum Gasteiger partial charge on any atom is 0.263 e. The number of halogens is 1. The van der Waals surface area contributed by atoms with Gasteiger partial charge in [-0.1, -0.05) is 17.7 Å². The lowest BCUT2D eigenvalue weighted by Gasteiger charge is -2.06. The summed E-state index contributed by atoms with van der Waals surface area (Å²) in [6, 6.07) is 9.78. The monoisotopic (exact) mass is 328 g/mol. The summed E-state index contributed by atoms with van der Waals surface area (Å²) in [5.41, 5.74) is 0.983. The summed E-state index contributed by atoms with van der Waals surface area (Å²) >= 11 is 5.82. The van der Waals surface area contributed by atoms with E-state index < -0.39 is 5.91 Å². The van der Waals surface area contributed by atoms with Crippen molar-refractivity contribution in [2.75, 3.05) is 5.32 Å². The van der Waals surface area contributed by atoms with E-state index in [-0.39, 0.29) is 17.9 Å². The summed E-state index contributed by atoms with van der Waals surface area (Å²) < 4.78 is 0. The first kappa shape index (κ1) is 16.3. The first-order valence-electron chi connectivity index (χ1n) is 6.62. The largest absolute Gasteiger partial charge is 0.506 e. The Balaban J connectivity index is 2.02. The Bertz CT molecular complexity index is 769. The minimum atomic E-state index is -0.537. The Morgan fingerprint density at radius 3 is 2.96 bits per heavy atom. The lowest BCUT2D eigenvalue weighted by atomic mass is 10.2. The van der Waals surface area contributed by atoms with Crippen LogP contribution in [0.3, 0.4) is 0 Å². The molecule has 0 fully saturated rings. The van der Waals surface area contributed by atoms with Crippen molar-refractivity contribution in [1.82, 2.24) is 10.3 Å². The number of nitriles is 1. The maximum atomic E-state index is 12.0. The number of nitrogens with zero attached hydrogens (tertiary/aromatic N) is 2. The van der Waals surface area contributed by atoms with Crippen LogP contribution in [0.25, 0.3) is 0 Å². The number of benzene rings is 1. The highest BCUT2D eigenvalue weighted by Gasteiger charge is 2.09. The number of hydrogen-bond donors (Lipinski definition) is 3. The molecule has 0 spiro atoms. The second-order valence-electron chi connectivity index (χ2n) is 4.52. The molecule has 0 saturated carbocycles. The number of anilines is 1. The SMILES string of the molecule is N#C/C(=C/Nc1cc(Cl)ccc1O)C(=O)NCc1cccnc1. The molecule has 3 N–H and O–H groups in total. The van der Waals surface area contributed by atoms with Crippen molar-refractivity contribution in [2.24, 2.45) is 0 Å². The number of aromatic hydroxyl groups is 1. The van der Waals surface area contributed by atoms with Gasteiger partial charge in [0, 0.05) is 30.2 Å². The number of phenolic OH excluding ortho intramolecular Hbond substituents is 1. The minimum absolute atomic E-state index is 0.0429. The molecular formula is C16H13ClN4O2. The van der Waals surface area contributed by atoms with Crippen molar-refractivity contribution in [3.8, 4) is 11.8 Å². The smallest absolute Gasteiger partial charge is 0.263 e. The molecule has 7 heteroatoms. The van der Waals surface area contributed by atoms with E-state index in [1.165, 1.54) is 24.4 Å². The van der Waals surface area contributed by atoms with Crippen LogP contribution >= 0.6 is 11.6 Å². The fourth-order valence-electron chi connectivity index (χ4n) is 1.70. The van der Waals surface area contributed by atoms with Gasteiger partial charge in [-0.2, -0.15) is 5.26 Å². The first-order chi connectivity index (χ1) is 11.1. The highest BCUT2D eigenvalue weighted by atomic mass is 35.5. The highest BCUT2D eigenvalue weighted by Crippen LogP contribution is 2.26. The van der Waals surface area contributed by atoms with E-state index >= 15 is 0 Å². The van der Waals surface area contributed by atoms with Gasteiger partial charge in [-0.15, -0.1) is 0 Å². The molecule has 0 radical (unpaired) electrons. The Morgan fingerprint density at radius 2 is 2.26 bits per heavy atom. The van der Waals surface area contributed by atoms with Crippen LogP contribution in [-0.4, -0.2) is 16.0 Å². The molecule has 0 aliphatic heterocycles. The van der Waals surface area contributed by atoms with E-state index in [1.807, 2.05) is 6.07 Å². The summed E-state index contributed by atoms with van der Waals surface area (Å²) in [5, 5.41) is 24.5. The number of pyridine rings is 1. The van der Waals surface area contributed by atoms with Crippen molar-refractivity contribution in [1.29, 1.82) is 5.26 Å². The van der Waals surface area contributed by atoms with Gasteiger partial charge in [-0.3, -0.25) is 9.78 Å². The number of carbonyl (C=O) groups excluding carboxylic acids is 1. The van der Waals surface area contributed by atoms with Crippen LogP contribution in [0.2, 0.25) is 5.02 Å². The Labute approximate surface area is 138 Å². The van der Waals surface area contributed by atoms with E-state index in [2.05, 4.69) is 15.6 Å². The molecule has 0 bridgehead atoms. The van der Waals surface area contributed by atoms with Gasteiger partial charge >= 0.3 is 0 Å². The zero-order valence-corrected chi connectivity index (χ0v) is 12.7. The summed E-state index contributed by atoms with van der Waals surface area (Å²) in [4.78, 5) is 15.9. The quantitative estimate of drug-likeness (QED) is 0.445. The molecule has 1 heterocycles. The third-order valence-corrected chi connectivity index (χ3v) is 3.11. The molecule has 0 aliphatic rings. The summed E-state index contributed by atoms with van der Waals surface area (Å²) in [5.74, 6) is -0.580. The van der Waals surface area contributed by atoms with Crippen molar-refractivity contribution >= 4 is 23.2 Å². The molecule has 0 atom stereocenters. The molecule has 1 aromatic carbocycles. The molecule has 6 nitrogen and oxygen atoms in total. The van der Waals surface area contributed by atoms with Gasteiger partial charge in [0.1, 0.15) is 17.4 Å². The van der Waals surface area contributed by atoms with Gasteiger partial charge in [-0.05, 0) is 29.8 Å². The number of hydrogen-bond acceptors (Lipinski definition) is 5. The van der Waals surface area contributed by atoms with Crippen LogP contribution in [0.5, 0.6) is 5.75 Å². The van der Waals surface area contributed by atoms with Crippen LogP contribution in [0.1, 0.15) is 5.56 Å². The van der Waals surface area contributed by atoms with Gasteiger partial charge < -0.3 is 15.7 Å². The fraction of sp³-hybridized carbons (Fsp3) is 0.0625. The van der Waals surface area contributed by atoms with E-state index in [0.29, 0.717) is 10.7 Å². The van der Waals surface area contributed by atoms with E-state index in [0.717, 1.165) is 5.56 Å². The molecule has 1 amide bonds. The normalized spacial score (nSPS) is 10.7. The molecule has 2 aromatic rings. The summed E-state index contributed by atoms with van der Waals surface area (Å²) in [6.07, 6.45) is 4.47. The van der Waals surface area contributed by atoms with Gasteiger partial charge in [0.2, 0.25) is 0 Å². The van der Waals surface area contributed by atoms with Crippen LogP contribution < -0.4 is 10.6 Å². The van der Waals surface area contributed by atoms with Gasteiger partial charge in [0.25, 0.3) is 5.91 Å². The zero-order chi connectivity index (χ0) is 16.7. The van der Waals surface area contributed by atoms with Crippen molar-refractivity contribution in [3.63, 3.8) is 0 Å². The first-order valence-corrected chi connectivity index (χ1v) is 7.00. The molecule has 0 saturated heterocycles. The molecule has 116 valence electrons. The predicted octanol–water partition coefficient (Wildman–Crippen LogP) is 2.58. The lowest BCUT2D eigenvalue weighted by Crippen LogP contribution is -2.24. The average molecular weight is 329 g/mol. The summed E-state index contributed by atoms with van der Waals surface area (Å²) in [7, 11) is 0. The highest BCUT2D eigenvalue weighted by molar-refractivity contribution is 6.30. The number of aromatic nitrogens is 1. The van der Waals surface area contributed by atoms with Crippen molar-refractivity contribution in [3.05, 3.63) is 65.1 Å². The second kappa shape index (κ2) is 7.82. The maximum absolute atomic E-state index is 12.0. The van der Waals surface area contributed by atoms with Gasteiger partial charge in [0.05, 0.1) is 5.69 Å². The number of nitrogens with one attached hydrogen (secondary N) is 2. The molecule has 2 rings (SSSR count). The van der Waals surface area contributed by atoms with Crippen LogP contribution in [0, 0.1) is 11.3 Å². The van der Waals surface area contributed by atoms with Crippen molar-refractivity contribution < 1.29 is 9.90 Å². The Hall–Kier alpha value is -3.04. The molecule has 0 aliphatic carbocycles. The number of amides is 1. The van der Waals surface area contributed by atoms with Crippen molar-refractivity contribution in [2.45, 2.75) is 6.54 Å². The standard InChI is InChI=1S/C16H13ClN4O2/c17-13-3-4-15(22)14(6-13)20-10-12(7-18)16(23)21-9-11-2-1-5-19-8-11/h1-6,8,10,20,22H,9H2,(H,21,23)/b12-10-. The Kier molecular flexibility index (Phi) is 5.56. The average Bonchev–Trinajstić information content (AvgIpc) is 2.57. The Morgan fingerprint density at radius 1 is 1.43 bits per heavy atom. The lowest BCUT2D eigenvalue weighted by molar-refractivity contribution is -0.117. The van der Waals surface area contributed by atoms with Crippen LogP contribution in [0.4, 0.5) is 5.69 Å². The fourth-order valence-corrected chi connectivity index (χ4v) is 1.87. The van der Waals surface area contributed by atoms with Crippen LogP contribution in [0.15, 0.2) is 54.5 Å².